The number of thioether (sulfide) groups is 1. The van der Waals surface area contributed by atoms with Gasteiger partial charge in [-0.2, -0.15) is 9.36 Å². The molecule has 6 nitrogen and oxygen atoms in total. The van der Waals surface area contributed by atoms with Crippen LogP contribution in [-0.4, -0.2) is 51.1 Å². The Labute approximate surface area is 134 Å². The van der Waals surface area contributed by atoms with E-state index < -0.39 is 0 Å². The Hall–Kier alpha value is -0.700. The number of anilines is 1. The lowest BCUT2D eigenvalue weighted by atomic mass is 9.99. The highest BCUT2D eigenvalue weighted by molar-refractivity contribution is 7.99. The first kappa shape index (κ1) is 16.7. The first-order valence-electron chi connectivity index (χ1n) is 7.34. The van der Waals surface area contributed by atoms with Gasteiger partial charge in [-0.05, 0) is 26.2 Å². The van der Waals surface area contributed by atoms with Crippen LogP contribution < -0.4 is 11.1 Å². The molecule has 1 aromatic heterocycles. The monoisotopic (exact) mass is 329 g/mol. The highest BCUT2D eigenvalue weighted by Gasteiger charge is 2.24. The van der Waals surface area contributed by atoms with Crippen molar-refractivity contribution in [3.8, 4) is 0 Å². The van der Waals surface area contributed by atoms with E-state index in [4.69, 9.17) is 5.73 Å². The van der Waals surface area contributed by atoms with Crippen LogP contribution in [0.4, 0.5) is 5.13 Å². The van der Waals surface area contributed by atoms with Crippen molar-refractivity contribution in [1.82, 2.24) is 14.3 Å². The molecule has 1 saturated heterocycles. The summed E-state index contributed by atoms with van der Waals surface area (Å²) >= 11 is 2.86. The minimum atomic E-state index is -0.0273. The number of aromatic nitrogens is 2. The van der Waals surface area contributed by atoms with E-state index in [-0.39, 0.29) is 11.9 Å². The van der Waals surface area contributed by atoms with Crippen molar-refractivity contribution >= 4 is 34.3 Å². The van der Waals surface area contributed by atoms with E-state index in [1.165, 1.54) is 11.5 Å². The van der Waals surface area contributed by atoms with Crippen LogP contribution in [0.3, 0.4) is 0 Å². The van der Waals surface area contributed by atoms with Gasteiger partial charge in [0, 0.05) is 35.9 Å². The van der Waals surface area contributed by atoms with E-state index in [0.29, 0.717) is 17.7 Å². The van der Waals surface area contributed by atoms with Crippen molar-refractivity contribution in [2.24, 2.45) is 5.73 Å². The fraction of sp³-hybridized carbons (Fsp3) is 0.769. The van der Waals surface area contributed by atoms with Crippen molar-refractivity contribution in [1.29, 1.82) is 0 Å². The molecule has 8 heteroatoms. The standard InChI is InChI=1S/C13H23N5OS2/c1-3-6-20-13-16-12(21-17-13)15-11(19)8-18-5-4-10(14)7-9(18)2/h9-10H,3-8,14H2,1-2H3,(H,15,16,17,19). The molecule has 118 valence electrons. The Morgan fingerprint density at radius 1 is 1.62 bits per heavy atom. The van der Waals surface area contributed by atoms with Crippen LogP contribution in [0.1, 0.15) is 33.1 Å². The van der Waals surface area contributed by atoms with Crippen LogP contribution in [0.5, 0.6) is 0 Å². The van der Waals surface area contributed by atoms with E-state index in [1.54, 1.807) is 11.8 Å². The molecule has 1 fully saturated rings. The lowest BCUT2D eigenvalue weighted by molar-refractivity contribution is -0.118. The summed E-state index contributed by atoms with van der Waals surface area (Å²) in [4.78, 5) is 18.6. The second-order valence-electron chi connectivity index (χ2n) is 5.38. The Bertz CT molecular complexity index is 467. The van der Waals surface area contributed by atoms with Gasteiger partial charge in [-0.1, -0.05) is 18.7 Å². The van der Waals surface area contributed by atoms with Gasteiger partial charge in [-0.15, -0.1) is 0 Å². The number of nitrogens with two attached hydrogens (primary N) is 1. The molecule has 1 amide bonds. The van der Waals surface area contributed by atoms with Crippen molar-refractivity contribution in [3.63, 3.8) is 0 Å². The second-order valence-corrected chi connectivity index (χ2v) is 7.20. The molecule has 2 unspecified atom stereocenters. The zero-order valence-electron chi connectivity index (χ0n) is 12.5. The van der Waals surface area contributed by atoms with E-state index in [2.05, 4.69) is 33.4 Å². The van der Waals surface area contributed by atoms with Gasteiger partial charge in [-0.3, -0.25) is 15.0 Å². The van der Waals surface area contributed by atoms with Crippen LogP contribution in [0.15, 0.2) is 5.16 Å². The first-order valence-corrected chi connectivity index (χ1v) is 9.10. The van der Waals surface area contributed by atoms with E-state index in [1.807, 2.05) is 0 Å². The Morgan fingerprint density at radius 2 is 2.43 bits per heavy atom. The van der Waals surface area contributed by atoms with Gasteiger partial charge in [-0.25, -0.2) is 0 Å². The quantitative estimate of drug-likeness (QED) is 0.774. The minimum Gasteiger partial charge on any atom is -0.328 e. The number of hydrogen-bond acceptors (Lipinski definition) is 7. The molecule has 1 aliphatic rings. The molecule has 0 radical (unpaired) electrons. The Balaban J connectivity index is 1.80. The molecule has 3 N–H and O–H groups in total. The predicted molar refractivity (Wildman–Crippen MR) is 87.8 cm³/mol. The van der Waals surface area contributed by atoms with Gasteiger partial charge in [0.2, 0.25) is 16.2 Å². The lowest BCUT2D eigenvalue weighted by Gasteiger charge is -2.35. The van der Waals surface area contributed by atoms with Crippen molar-refractivity contribution in [2.75, 3.05) is 24.2 Å². The molecule has 0 aromatic carbocycles. The first-order chi connectivity index (χ1) is 10.1. The van der Waals surface area contributed by atoms with Crippen LogP contribution in [-0.2, 0) is 4.79 Å². The summed E-state index contributed by atoms with van der Waals surface area (Å²) in [6.07, 6.45) is 2.98. The molecule has 0 spiro atoms. The van der Waals surface area contributed by atoms with Crippen molar-refractivity contribution in [2.45, 2.75) is 50.4 Å². The molecular weight excluding hydrogens is 306 g/mol. The molecule has 1 aromatic rings. The van der Waals surface area contributed by atoms with Gasteiger partial charge in [0.1, 0.15) is 0 Å². The maximum absolute atomic E-state index is 12.1. The maximum Gasteiger partial charge on any atom is 0.240 e. The minimum absolute atomic E-state index is 0.0273. The molecule has 0 aliphatic carbocycles. The second kappa shape index (κ2) is 8.07. The number of amides is 1. The summed E-state index contributed by atoms with van der Waals surface area (Å²) in [6, 6.07) is 0.616. The molecule has 2 atom stereocenters. The summed E-state index contributed by atoms with van der Waals surface area (Å²) in [5.41, 5.74) is 5.94. The van der Waals surface area contributed by atoms with Crippen LogP contribution in [0.2, 0.25) is 0 Å². The molecule has 0 saturated carbocycles. The third kappa shape index (κ3) is 5.21. The van der Waals surface area contributed by atoms with Crippen LogP contribution in [0.25, 0.3) is 0 Å². The number of hydrogen-bond donors (Lipinski definition) is 2. The molecule has 0 bridgehead atoms. The van der Waals surface area contributed by atoms with Crippen LogP contribution >= 0.6 is 23.3 Å². The highest BCUT2D eigenvalue weighted by Crippen LogP contribution is 2.21. The lowest BCUT2D eigenvalue weighted by Crippen LogP contribution is -2.48. The topological polar surface area (TPSA) is 84.1 Å². The smallest absolute Gasteiger partial charge is 0.240 e. The third-order valence-electron chi connectivity index (χ3n) is 3.49. The average molecular weight is 329 g/mol. The SMILES string of the molecule is CCCSc1nsc(NC(=O)CN2CCC(N)CC2C)n1. The summed E-state index contributed by atoms with van der Waals surface area (Å²) in [5, 5.41) is 4.17. The number of piperidine rings is 1. The summed E-state index contributed by atoms with van der Waals surface area (Å²) < 4.78 is 4.23. The fourth-order valence-corrected chi connectivity index (χ4v) is 3.76. The number of carbonyl (C=O) groups excluding carboxylic acids is 1. The molecule has 2 rings (SSSR count). The predicted octanol–water partition coefficient (Wildman–Crippen LogP) is 1.79. The van der Waals surface area contributed by atoms with Crippen molar-refractivity contribution in [3.05, 3.63) is 0 Å². The van der Waals surface area contributed by atoms with Gasteiger partial charge in [0.05, 0.1) is 6.54 Å². The number of carbonyl (C=O) groups is 1. The Morgan fingerprint density at radius 3 is 3.14 bits per heavy atom. The van der Waals surface area contributed by atoms with E-state index >= 15 is 0 Å². The molecule has 1 aliphatic heterocycles. The number of rotatable bonds is 6. The summed E-state index contributed by atoms with van der Waals surface area (Å²) in [5.74, 6) is 0.968. The number of likely N-dealkylation sites (tertiary alicyclic amines) is 1. The van der Waals surface area contributed by atoms with Gasteiger partial charge < -0.3 is 5.73 Å². The summed E-state index contributed by atoms with van der Waals surface area (Å²) in [7, 11) is 0. The number of nitrogens with one attached hydrogen (secondary N) is 1. The molecule has 21 heavy (non-hydrogen) atoms. The average Bonchev–Trinajstić information content (AvgIpc) is 2.87. The van der Waals surface area contributed by atoms with E-state index in [0.717, 1.165) is 36.7 Å². The normalized spacial score (nSPS) is 23.2. The zero-order valence-corrected chi connectivity index (χ0v) is 14.2. The fourth-order valence-electron chi connectivity index (χ4n) is 2.35. The van der Waals surface area contributed by atoms with Crippen molar-refractivity contribution < 1.29 is 4.79 Å². The molecular formula is C13H23N5OS2. The van der Waals surface area contributed by atoms with Gasteiger partial charge >= 0.3 is 0 Å². The van der Waals surface area contributed by atoms with E-state index in [9.17, 15) is 4.79 Å². The summed E-state index contributed by atoms with van der Waals surface area (Å²) in [6.45, 7) is 5.51. The highest BCUT2D eigenvalue weighted by atomic mass is 32.2. The van der Waals surface area contributed by atoms with Crippen LogP contribution in [0, 0.1) is 0 Å². The third-order valence-corrected chi connectivity index (χ3v) is 5.29. The molecule has 2 heterocycles. The van der Waals surface area contributed by atoms with Gasteiger partial charge in [0.25, 0.3) is 0 Å². The zero-order chi connectivity index (χ0) is 15.2. The maximum atomic E-state index is 12.1. The largest absolute Gasteiger partial charge is 0.328 e. The Kier molecular flexibility index (Phi) is 6.40. The van der Waals surface area contributed by atoms with Gasteiger partial charge in [0.15, 0.2) is 0 Å². The number of nitrogens with zero attached hydrogens (tertiary/aromatic N) is 3.